The van der Waals surface area contributed by atoms with E-state index in [4.69, 9.17) is 18.7 Å². The van der Waals surface area contributed by atoms with Crippen molar-refractivity contribution in [2.45, 2.75) is 55.2 Å². The van der Waals surface area contributed by atoms with Gasteiger partial charge in [0, 0.05) is 0 Å². The molecule has 41 heavy (non-hydrogen) atoms. The summed E-state index contributed by atoms with van der Waals surface area (Å²) in [7, 11) is -17.0. The Kier molecular flexibility index (Phi) is 9.90. The standard InChI is InChI=1S/C18H27N2O18P3/c21-5-10-13(16(38-41(30,31)32)17(33-10)20-7-19-8-3-1-2-4-9(8)20)35-18-12(23)15(37-40(27,28)29)14(11(6-22)34-18)36-39(24,25)26/h1-4,7,10-18,21-23H,5-6H2,(H2,24,25,26)(H2,27,28,29)(H2,30,31,32)/p-3/t10-,11-,12-,13-,14-,15-,16-,17-,18-/m1/s1. The summed E-state index contributed by atoms with van der Waals surface area (Å²) >= 11 is 0. The average Bonchev–Trinajstić information content (AvgIpc) is 3.41. The summed E-state index contributed by atoms with van der Waals surface area (Å²) in [5.41, 5.74) is 0.851. The van der Waals surface area contributed by atoms with Crippen molar-refractivity contribution >= 4 is 34.5 Å². The number of benzene rings is 1. The third-order valence-electron chi connectivity index (χ3n) is 6.07. The highest BCUT2D eigenvalue weighted by molar-refractivity contribution is 7.46. The van der Waals surface area contributed by atoms with Crippen molar-refractivity contribution in [3.63, 3.8) is 0 Å². The lowest BCUT2D eigenvalue weighted by atomic mass is 9.99. The van der Waals surface area contributed by atoms with E-state index in [1.54, 1.807) is 24.3 Å². The van der Waals surface area contributed by atoms with E-state index < -0.39 is 91.9 Å². The fourth-order valence-electron chi connectivity index (χ4n) is 4.55. The molecule has 2 fully saturated rings. The van der Waals surface area contributed by atoms with Crippen molar-refractivity contribution in [2.24, 2.45) is 0 Å². The van der Waals surface area contributed by atoms with Gasteiger partial charge in [-0.05, 0) is 12.1 Å². The fraction of sp³-hybridized carbons (Fsp3) is 0.611. The summed E-state index contributed by atoms with van der Waals surface area (Å²) in [6, 6.07) is 6.51. The van der Waals surface area contributed by atoms with Gasteiger partial charge in [0.15, 0.2) is 12.5 Å². The second-order valence-electron chi connectivity index (χ2n) is 8.82. The van der Waals surface area contributed by atoms with Gasteiger partial charge in [0.05, 0.1) is 38.4 Å². The second kappa shape index (κ2) is 12.4. The molecule has 2 aromatic rings. The monoisotopic (exact) mass is 649 g/mol. The molecule has 0 spiro atoms. The van der Waals surface area contributed by atoms with Crippen molar-refractivity contribution in [3.05, 3.63) is 30.6 Å². The Hall–Kier alpha value is -1.22. The third-order valence-corrected chi connectivity index (χ3v) is 7.60. The van der Waals surface area contributed by atoms with Crippen LogP contribution in [0.4, 0.5) is 0 Å². The van der Waals surface area contributed by atoms with Crippen molar-refractivity contribution < 1.29 is 86.2 Å². The number of aliphatic hydroxyl groups is 3. The van der Waals surface area contributed by atoms with Gasteiger partial charge in [-0.3, -0.25) is 9.09 Å². The van der Waals surface area contributed by atoms with Gasteiger partial charge >= 0.3 is 7.82 Å². The lowest BCUT2D eigenvalue weighted by Gasteiger charge is -2.47. The van der Waals surface area contributed by atoms with Gasteiger partial charge in [-0.1, -0.05) is 12.1 Å². The molecule has 6 N–H and O–H groups in total. The van der Waals surface area contributed by atoms with Gasteiger partial charge in [-0.25, -0.2) is 9.55 Å². The molecular weight excluding hydrogens is 625 g/mol. The molecule has 1 aromatic carbocycles. The van der Waals surface area contributed by atoms with Crippen LogP contribution in [0.15, 0.2) is 30.6 Å². The second-order valence-corrected chi connectivity index (χ2v) is 12.3. The molecule has 0 bridgehead atoms. The Morgan fingerprint density at radius 2 is 1.51 bits per heavy atom. The summed E-state index contributed by atoms with van der Waals surface area (Å²) in [6.07, 6.45) is -16.4. The number of phosphoric ester groups is 3. The van der Waals surface area contributed by atoms with Crippen molar-refractivity contribution in [1.29, 1.82) is 0 Å². The van der Waals surface area contributed by atoms with Crippen LogP contribution in [0, 0.1) is 0 Å². The van der Waals surface area contributed by atoms with Gasteiger partial charge in [-0.15, -0.1) is 0 Å². The van der Waals surface area contributed by atoms with Crippen LogP contribution in [0.5, 0.6) is 0 Å². The summed E-state index contributed by atoms with van der Waals surface area (Å²) in [6.45, 7) is -2.04. The topological polar surface area (TPSA) is 315 Å². The van der Waals surface area contributed by atoms with Crippen molar-refractivity contribution in [3.8, 4) is 0 Å². The van der Waals surface area contributed by atoms with Crippen LogP contribution in [0.2, 0.25) is 0 Å². The molecular formula is C18H24N2O18P3-3. The molecule has 0 saturated carbocycles. The third kappa shape index (κ3) is 7.84. The number of rotatable bonds is 11. The SMILES string of the molecule is O=P([O-])([O-])O[C@H]1[C@H](OP(=O)([O-])O)[C@@H](O)[C@@H](O[C@H]2[C@@H](OP(=O)(O)O)[C@H](n3cnc4ccccc43)O[C@@H]2CO)O[C@@H]1CO. The fourth-order valence-corrected chi connectivity index (χ4v) is 6.20. The minimum Gasteiger partial charge on any atom is -0.790 e. The smallest absolute Gasteiger partial charge is 0.470 e. The molecule has 0 aliphatic carbocycles. The quantitative estimate of drug-likeness (QED) is 0.126. The molecule has 3 heterocycles. The van der Waals surface area contributed by atoms with Crippen LogP contribution < -0.4 is 14.7 Å². The molecule has 2 aliphatic rings. The normalized spacial score (nSPS) is 34.6. The van der Waals surface area contributed by atoms with E-state index in [0.717, 1.165) is 0 Å². The molecule has 1 aromatic heterocycles. The van der Waals surface area contributed by atoms with Crippen LogP contribution in [-0.2, 0) is 41.5 Å². The number of hydrogen-bond acceptors (Lipinski definition) is 16. The first-order valence-corrected chi connectivity index (χ1v) is 15.9. The van der Waals surface area contributed by atoms with Gasteiger partial charge in [0.2, 0.25) is 0 Å². The maximum atomic E-state index is 11.9. The molecule has 0 radical (unpaired) electrons. The molecule has 20 nitrogen and oxygen atoms in total. The number of para-hydroxylation sites is 2. The van der Waals surface area contributed by atoms with Crippen LogP contribution >= 0.6 is 23.5 Å². The molecule has 10 atom stereocenters. The number of fused-ring (bicyclic) bond motifs is 1. The van der Waals surface area contributed by atoms with Gasteiger partial charge in [0.25, 0.3) is 7.82 Å². The Morgan fingerprint density at radius 3 is 2.10 bits per heavy atom. The summed E-state index contributed by atoms with van der Waals surface area (Å²) in [4.78, 5) is 66.4. The molecule has 4 rings (SSSR count). The number of phosphoric acid groups is 3. The summed E-state index contributed by atoms with van der Waals surface area (Å²) in [5.74, 6) is 0. The minimum absolute atomic E-state index is 0.408. The first kappa shape index (κ1) is 32.7. The highest BCUT2D eigenvalue weighted by Gasteiger charge is 2.55. The molecule has 2 aliphatic heterocycles. The highest BCUT2D eigenvalue weighted by Crippen LogP contribution is 2.47. The molecule has 232 valence electrons. The zero-order valence-corrected chi connectivity index (χ0v) is 23.0. The molecule has 2 saturated heterocycles. The molecule has 23 heteroatoms. The lowest BCUT2D eigenvalue weighted by molar-refractivity contribution is -0.364. The van der Waals surface area contributed by atoms with Crippen LogP contribution in [0.1, 0.15) is 6.23 Å². The van der Waals surface area contributed by atoms with E-state index in [-0.39, 0.29) is 0 Å². The number of aliphatic hydroxyl groups excluding tert-OH is 3. The van der Waals surface area contributed by atoms with E-state index >= 15 is 0 Å². The number of imidazole rings is 1. The predicted octanol–water partition coefficient (Wildman–Crippen LogP) is -4.07. The highest BCUT2D eigenvalue weighted by atomic mass is 31.2. The zero-order chi connectivity index (χ0) is 30.3. The Balaban J connectivity index is 1.69. The van der Waals surface area contributed by atoms with E-state index in [2.05, 4.69) is 14.0 Å². The number of hydrogen-bond donors (Lipinski definition) is 6. The first-order valence-electron chi connectivity index (χ1n) is 11.5. The Morgan fingerprint density at radius 1 is 0.878 bits per heavy atom. The largest absolute Gasteiger partial charge is 0.790 e. The first-order chi connectivity index (χ1) is 19.0. The predicted molar refractivity (Wildman–Crippen MR) is 121 cm³/mol. The maximum Gasteiger partial charge on any atom is 0.470 e. The number of aromatic nitrogens is 2. The van der Waals surface area contributed by atoms with Gasteiger partial charge in [-0.2, -0.15) is 0 Å². The van der Waals surface area contributed by atoms with Crippen molar-refractivity contribution in [1.82, 2.24) is 9.55 Å². The van der Waals surface area contributed by atoms with Crippen LogP contribution in [-0.4, -0.2) is 102 Å². The van der Waals surface area contributed by atoms with E-state index in [9.17, 15) is 58.4 Å². The number of nitrogens with zero attached hydrogens (tertiary/aromatic N) is 2. The maximum absolute atomic E-state index is 11.9. The summed E-state index contributed by atoms with van der Waals surface area (Å²) in [5, 5.41) is 30.5. The van der Waals surface area contributed by atoms with Gasteiger partial charge < -0.3 is 77.1 Å². The Bertz CT molecular complexity index is 1340. The minimum atomic E-state index is -5.93. The van der Waals surface area contributed by atoms with E-state index in [0.29, 0.717) is 11.0 Å². The molecule has 1 unspecified atom stereocenters. The molecule has 0 amide bonds. The van der Waals surface area contributed by atoms with Gasteiger partial charge in [0.1, 0.15) is 42.7 Å². The number of ether oxygens (including phenoxy) is 3. The van der Waals surface area contributed by atoms with Crippen LogP contribution in [0.25, 0.3) is 11.0 Å². The zero-order valence-electron chi connectivity index (χ0n) is 20.3. The lowest BCUT2D eigenvalue weighted by Crippen LogP contribution is -2.62. The van der Waals surface area contributed by atoms with E-state index in [1.807, 2.05) is 0 Å². The summed E-state index contributed by atoms with van der Waals surface area (Å²) < 4.78 is 66.0. The van der Waals surface area contributed by atoms with Crippen LogP contribution in [0.3, 0.4) is 0 Å². The van der Waals surface area contributed by atoms with Crippen molar-refractivity contribution in [2.75, 3.05) is 13.2 Å². The average molecular weight is 649 g/mol. The Labute approximate surface area is 229 Å². The van der Waals surface area contributed by atoms with E-state index in [1.165, 1.54) is 10.9 Å².